The minimum atomic E-state index is -0.344. The second kappa shape index (κ2) is 5.20. The molecule has 4 nitrogen and oxygen atoms in total. The Kier molecular flexibility index (Phi) is 4.05. The van der Waals surface area contributed by atoms with Gasteiger partial charge in [-0.15, -0.1) is 11.8 Å². The standard InChI is InChI=1S/C11H18N2O2S2/c1-11(2,3)17-6-9-12-10(15-13-9)7-4-16-5-8(7)14/h7-8,14H,4-6H2,1-3H3. The molecule has 17 heavy (non-hydrogen) atoms. The number of hydrogen-bond donors (Lipinski definition) is 1. The molecule has 2 rings (SSSR count). The quantitative estimate of drug-likeness (QED) is 0.912. The molecular weight excluding hydrogens is 256 g/mol. The van der Waals surface area contributed by atoms with Crippen molar-refractivity contribution in [3.05, 3.63) is 11.7 Å². The van der Waals surface area contributed by atoms with Crippen molar-refractivity contribution in [1.82, 2.24) is 10.1 Å². The Bertz CT molecular complexity index is 376. The summed E-state index contributed by atoms with van der Waals surface area (Å²) in [6.07, 6.45) is -0.344. The third kappa shape index (κ3) is 3.63. The molecule has 2 atom stereocenters. The summed E-state index contributed by atoms with van der Waals surface area (Å²) in [7, 11) is 0. The molecule has 0 spiro atoms. The van der Waals surface area contributed by atoms with Gasteiger partial charge >= 0.3 is 0 Å². The van der Waals surface area contributed by atoms with Crippen LogP contribution in [0.4, 0.5) is 0 Å². The Morgan fingerprint density at radius 2 is 2.24 bits per heavy atom. The van der Waals surface area contributed by atoms with Crippen molar-refractivity contribution in [2.75, 3.05) is 11.5 Å². The maximum Gasteiger partial charge on any atom is 0.233 e. The first-order chi connectivity index (χ1) is 7.96. The number of hydrogen-bond acceptors (Lipinski definition) is 6. The normalized spacial score (nSPS) is 25.4. The summed E-state index contributed by atoms with van der Waals surface area (Å²) in [6, 6.07) is 0. The van der Waals surface area contributed by atoms with Crippen LogP contribution in [0.5, 0.6) is 0 Å². The largest absolute Gasteiger partial charge is 0.391 e. The molecule has 0 aromatic carbocycles. The SMILES string of the molecule is CC(C)(C)SCc1noc(C2CSCC2O)n1. The van der Waals surface area contributed by atoms with Gasteiger partial charge in [0.15, 0.2) is 5.82 Å². The van der Waals surface area contributed by atoms with Crippen molar-refractivity contribution in [2.24, 2.45) is 0 Å². The number of nitrogens with zero attached hydrogens (tertiary/aromatic N) is 2. The van der Waals surface area contributed by atoms with Crippen LogP contribution in [0.1, 0.15) is 38.4 Å². The second-order valence-electron chi connectivity index (χ2n) is 5.16. The number of aromatic nitrogens is 2. The van der Waals surface area contributed by atoms with E-state index in [1.807, 2.05) is 0 Å². The zero-order chi connectivity index (χ0) is 12.5. The van der Waals surface area contributed by atoms with Gasteiger partial charge in [0, 0.05) is 16.3 Å². The molecule has 2 heterocycles. The van der Waals surface area contributed by atoms with Gasteiger partial charge in [-0.3, -0.25) is 0 Å². The summed E-state index contributed by atoms with van der Waals surface area (Å²) in [6.45, 7) is 6.49. The molecule has 1 aromatic rings. The van der Waals surface area contributed by atoms with Crippen LogP contribution in [0, 0.1) is 0 Å². The maximum atomic E-state index is 9.76. The second-order valence-corrected chi connectivity index (χ2v) is 8.04. The van der Waals surface area contributed by atoms with E-state index in [-0.39, 0.29) is 16.8 Å². The van der Waals surface area contributed by atoms with Gasteiger partial charge in [0.1, 0.15) is 0 Å². The molecule has 1 aliphatic rings. The number of aliphatic hydroxyl groups is 1. The average molecular weight is 274 g/mol. The minimum absolute atomic E-state index is 0.0147. The highest BCUT2D eigenvalue weighted by atomic mass is 32.2. The predicted octanol–water partition coefficient (Wildman–Crippen LogP) is 2.29. The van der Waals surface area contributed by atoms with Crippen LogP contribution in [-0.4, -0.2) is 37.6 Å². The lowest BCUT2D eigenvalue weighted by atomic mass is 10.1. The van der Waals surface area contributed by atoms with Crippen LogP contribution < -0.4 is 0 Å². The first-order valence-electron chi connectivity index (χ1n) is 5.68. The summed E-state index contributed by atoms with van der Waals surface area (Å²) in [5, 5.41) is 13.7. The highest BCUT2D eigenvalue weighted by Gasteiger charge is 2.32. The van der Waals surface area contributed by atoms with Crippen molar-refractivity contribution >= 4 is 23.5 Å². The highest BCUT2D eigenvalue weighted by Crippen LogP contribution is 2.32. The Morgan fingerprint density at radius 1 is 1.47 bits per heavy atom. The van der Waals surface area contributed by atoms with E-state index in [1.54, 1.807) is 23.5 Å². The lowest BCUT2D eigenvalue weighted by Gasteiger charge is -2.15. The fraction of sp³-hybridized carbons (Fsp3) is 0.818. The molecular formula is C11H18N2O2S2. The topological polar surface area (TPSA) is 59.2 Å². The Labute approximate surface area is 110 Å². The molecule has 96 valence electrons. The van der Waals surface area contributed by atoms with Crippen LogP contribution in [0.2, 0.25) is 0 Å². The summed E-state index contributed by atoms with van der Waals surface area (Å²) >= 11 is 3.52. The van der Waals surface area contributed by atoms with Gasteiger partial charge in [0.05, 0.1) is 17.8 Å². The van der Waals surface area contributed by atoms with E-state index >= 15 is 0 Å². The van der Waals surface area contributed by atoms with Gasteiger partial charge in [-0.2, -0.15) is 16.7 Å². The molecule has 6 heteroatoms. The molecule has 0 amide bonds. The summed E-state index contributed by atoms with van der Waals surface area (Å²) < 4.78 is 5.43. The molecule has 0 bridgehead atoms. The van der Waals surface area contributed by atoms with Crippen LogP contribution >= 0.6 is 23.5 Å². The Hall–Kier alpha value is -0.200. The van der Waals surface area contributed by atoms with Crippen molar-refractivity contribution in [3.63, 3.8) is 0 Å². The highest BCUT2D eigenvalue weighted by molar-refractivity contribution is 7.99. The molecule has 1 saturated heterocycles. The molecule has 0 radical (unpaired) electrons. The lowest BCUT2D eigenvalue weighted by Crippen LogP contribution is -2.16. The monoisotopic (exact) mass is 274 g/mol. The van der Waals surface area contributed by atoms with E-state index in [0.717, 1.165) is 23.1 Å². The molecule has 1 fully saturated rings. The van der Waals surface area contributed by atoms with Crippen LogP contribution in [0.25, 0.3) is 0 Å². The van der Waals surface area contributed by atoms with E-state index in [0.29, 0.717) is 5.89 Å². The molecule has 1 aromatic heterocycles. The van der Waals surface area contributed by atoms with E-state index in [1.165, 1.54) is 0 Å². The van der Waals surface area contributed by atoms with Gasteiger partial charge in [-0.25, -0.2) is 0 Å². The Morgan fingerprint density at radius 3 is 2.82 bits per heavy atom. The van der Waals surface area contributed by atoms with E-state index in [9.17, 15) is 5.11 Å². The average Bonchev–Trinajstić information content (AvgIpc) is 2.81. The smallest absolute Gasteiger partial charge is 0.233 e. The summed E-state index contributed by atoms with van der Waals surface area (Å²) in [5.41, 5.74) is 0. The third-order valence-electron chi connectivity index (χ3n) is 2.49. The van der Waals surface area contributed by atoms with Crippen molar-refractivity contribution < 1.29 is 9.63 Å². The summed E-state index contributed by atoms with van der Waals surface area (Å²) in [4.78, 5) is 4.37. The first kappa shape index (κ1) is 13.2. The van der Waals surface area contributed by atoms with Gasteiger partial charge in [0.2, 0.25) is 5.89 Å². The predicted molar refractivity (Wildman–Crippen MR) is 71.4 cm³/mol. The number of rotatable bonds is 3. The maximum absolute atomic E-state index is 9.76. The van der Waals surface area contributed by atoms with Gasteiger partial charge in [-0.05, 0) is 0 Å². The Balaban J connectivity index is 1.96. The first-order valence-corrected chi connectivity index (χ1v) is 7.82. The summed E-state index contributed by atoms with van der Waals surface area (Å²) in [5.74, 6) is 3.72. The zero-order valence-corrected chi connectivity index (χ0v) is 12.0. The molecule has 0 aliphatic carbocycles. The molecule has 1 aliphatic heterocycles. The zero-order valence-electron chi connectivity index (χ0n) is 10.3. The van der Waals surface area contributed by atoms with Crippen molar-refractivity contribution in [2.45, 2.75) is 43.3 Å². The molecule has 0 saturated carbocycles. The fourth-order valence-corrected chi connectivity index (χ4v) is 3.44. The van der Waals surface area contributed by atoms with Crippen LogP contribution in [0.3, 0.4) is 0 Å². The van der Waals surface area contributed by atoms with Gasteiger partial charge in [0.25, 0.3) is 0 Å². The van der Waals surface area contributed by atoms with Gasteiger partial charge in [-0.1, -0.05) is 25.9 Å². The molecule has 2 unspecified atom stereocenters. The minimum Gasteiger partial charge on any atom is -0.391 e. The molecule has 1 N–H and O–H groups in total. The lowest BCUT2D eigenvalue weighted by molar-refractivity contribution is 0.164. The van der Waals surface area contributed by atoms with Crippen molar-refractivity contribution in [1.29, 1.82) is 0 Å². The van der Waals surface area contributed by atoms with Crippen LogP contribution in [-0.2, 0) is 5.75 Å². The number of aliphatic hydroxyl groups excluding tert-OH is 1. The van der Waals surface area contributed by atoms with E-state index in [2.05, 4.69) is 30.9 Å². The third-order valence-corrected chi connectivity index (χ3v) is 4.93. The van der Waals surface area contributed by atoms with Crippen LogP contribution in [0.15, 0.2) is 4.52 Å². The van der Waals surface area contributed by atoms with E-state index in [4.69, 9.17) is 4.52 Å². The van der Waals surface area contributed by atoms with E-state index < -0.39 is 0 Å². The van der Waals surface area contributed by atoms with Crippen molar-refractivity contribution in [3.8, 4) is 0 Å². The van der Waals surface area contributed by atoms with Gasteiger partial charge < -0.3 is 9.63 Å². The fourth-order valence-electron chi connectivity index (χ4n) is 1.54. The number of thioether (sulfide) groups is 2.